The number of benzene rings is 1. The summed E-state index contributed by atoms with van der Waals surface area (Å²) in [6.45, 7) is 5.92. The lowest BCUT2D eigenvalue weighted by molar-refractivity contribution is -0.117. The Bertz CT molecular complexity index is 1060. The highest BCUT2D eigenvalue weighted by Crippen LogP contribution is 2.35. The largest absolute Gasteiger partial charge is 0.462 e. The smallest absolute Gasteiger partial charge is 0.340 e. The summed E-state index contributed by atoms with van der Waals surface area (Å²) in [4.78, 5) is 32.3. The number of thiazole rings is 1. The average molecular weight is 410 g/mol. The Labute approximate surface area is 173 Å². The van der Waals surface area contributed by atoms with Gasteiger partial charge in [-0.2, -0.15) is 0 Å². The van der Waals surface area contributed by atoms with Crippen LogP contribution in [0.15, 0.2) is 29.6 Å². The molecule has 6 nitrogen and oxygen atoms in total. The second kappa shape index (κ2) is 7.83. The summed E-state index contributed by atoms with van der Waals surface area (Å²) in [5.41, 5.74) is 5.51. The molecule has 1 aliphatic carbocycles. The van der Waals surface area contributed by atoms with E-state index in [-0.39, 0.29) is 17.8 Å². The zero-order valence-electron chi connectivity index (χ0n) is 16.7. The van der Waals surface area contributed by atoms with E-state index in [1.165, 1.54) is 11.3 Å². The number of H-pyrrole nitrogens is 1. The van der Waals surface area contributed by atoms with Gasteiger partial charge in [-0.05, 0) is 57.9 Å². The van der Waals surface area contributed by atoms with Crippen molar-refractivity contribution in [2.24, 2.45) is 5.92 Å². The van der Waals surface area contributed by atoms with Gasteiger partial charge in [0.15, 0.2) is 0 Å². The van der Waals surface area contributed by atoms with Gasteiger partial charge in [-0.15, -0.1) is 11.3 Å². The Morgan fingerprint density at radius 3 is 2.59 bits per heavy atom. The number of aryl methyl sites for hydroxylation is 2. The normalized spacial score (nSPS) is 13.3. The standard InChI is InChI=1S/C22H23N3O3S/c1-4-28-22(27)19-13(3)23-12(2)18(19)17-11-29-21(25-17)15-7-9-16(10-8-15)24-20(26)14-5-6-14/h7-11,14,23H,4-6H2,1-3H3,(H,24,26). The number of rotatable bonds is 6. The van der Waals surface area contributed by atoms with Crippen molar-refractivity contribution in [3.63, 3.8) is 0 Å². The van der Waals surface area contributed by atoms with E-state index in [1.807, 2.05) is 43.5 Å². The van der Waals surface area contributed by atoms with Gasteiger partial charge in [0.05, 0.1) is 17.9 Å². The van der Waals surface area contributed by atoms with E-state index in [4.69, 9.17) is 9.72 Å². The van der Waals surface area contributed by atoms with Gasteiger partial charge in [0.1, 0.15) is 5.01 Å². The van der Waals surface area contributed by atoms with Gasteiger partial charge in [-0.3, -0.25) is 4.79 Å². The van der Waals surface area contributed by atoms with Crippen molar-refractivity contribution in [2.75, 3.05) is 11.9 Å². The zero-order valence-corrected chi connectivity index (χ0v) is 17.5. The third kappa shape index (κ3) is 3.96. The lowest BCUT2D eigenvalue weighted by atomic mass is 10.1. The monoisotopic (exact) mass is 409 g/mol. The number of aromatic nitrogens is 2. The molecule has 0 aliphatic heterocycles. The summed E-state index contributed by atoms with van der Waals surface area (Å²) in [6.07, 6.45) is 1.97. The molecule has 1 amide bonds. The summed E-state index contributed by atoms with van der Waals surface area (Å²) < 4.78 is 5.22. The predicted octanol–water partition coefficient (Wildman–Crippen LogP) is 4.95. The van der Waals surface area contributed by atoms with Gasteiger partial charge in [-0.1, -0.05) is 0 Å². The average Bonchev–Trinajstić information content (AvgIpc) is 3.36. The summed E-state index contributed by atoms with van der Waals surface area (Å²) >= 11 is 1.52. The van der Waals surface area contributed by atoms with Gasteiger partial charge < -0.3 is 15.0 Å². The van der Waals surface area contributed by atoms with E-state index in [9.17, 15) is 9.59 Å². The number of esters is 1. The molecule has 0 spiro atoms. The van der Waals surface area contributed by atoms with Crippen LogP contribution in [0.4, 0.5) is 5.69 Å². The number of nitrogens with one attached hydrogen (secondary N) is 2. The van der Waals surface area contributed by atoms with Crippen molar-refractivity contribution in [1.82, 2.24) is 9.97 Å². The summed E-state index contributed by atoms with van der Waals surface area (Å²) in [5.74, 6) is -0.0634. The first kappa shape index (κ1) is 19.4. The molecule has 1 aliphatic rings. The van der Waals surface area contributed by atoms with Crippen molar-refractivity contribution in [2.45, 2.75) is 33.6 Å². The number of carbonyl (C=O) groups excluding carboxylic acids is 2. The lowest BCUT2D eigenvalue weighted by Crippen LogP contribution is -2.12. The fraction of sp³-hybridized carbons (Fsp3) is 0.318. The number of hydrogen-bond donors (Lipinski definition) is 2. The molecule has 0 radical (unpaired) electrons. The Hall–Kier alpha value is -2.93. The maximum absolute atomic E-state index is 12.4. The lowest BCUT2D eigenvalue weighted by Gasteiger charge is -2.05. The van der Waals surface area contributed by atoms with Gasteiger partial charge in [0.25, 0.3) is 0 Å². The number of nitrogens with zero attached hydrogens (tertiary/aromatic N) is 1. The molecule has 0 saturated heterocycles. The quantitative estimate of drug-likeness (QED) is 0.564. The van der Waals surface area contributed by atoms with Crippen LogP contribution in [0, 0.1) is 19.8 Å². The zero-order chi connectivity index (χ0) is 20.5. The summed E-state index contributed by atoms with van der Waals surface area (Å²) in [7, 11) is 0. The van der Waals surface area contributed by atoms with Crippen LogP contribution in [0.3, 0.4) is 0 Å². The number of carbonyl (C=O) groups is 2. The van der Waals surface area contributed by atoms with E-state index in [0.29, 0.717) is 12.2 Å². The molecular formula is C22H23N3O3S. The van der Waals surface area contributed by atoms with E-state index in [1.54, 1.807) is 6.92 Å². The molecule has 2 heterocycles. The molecular weight excluding hydrogens is 386 g/mol. The van der Waals surface area contributed by atoms with E-state index >= 15 is 0 Å². The topological polar surface area (TPSA) is 84.1 Å². The van der Waals surface area contributed by atoms with Gasteiger partial charge in [0, 0.05) is 39.5 Å². The van der Waals surface area contributed by atoms with Crippen LogP contribution in [0.1, 0.15) is 41.5 Å². The molecule has 29 heavy (non-hydrogen) atoms. The molecule has 150 valence electrons. The molecule has 4 rings (SSSR count). The Kier molecular flexibility index (Phi) is 5.24. The number of hydrogen-bond acceptors (Lipinski definition) is 5. The molecule has 0 unspecified atom stereocenters. The molecule has 7 heteroatoms. The molecule has 3 aromatic rings. The molecule has 0 bridgehead atoms. The van der Waals surface area contributed by atoms with Crippen molar-refractivity contribution < 1.29 is 14.3 Å². The Balaban J connectivity index is 1.59. The van der Waals surface area contributed by atoms with Crippen molar-refractivity contribution in [3.8, 4) is 21.8 Å². The van der Waals surface area contributed by atoms with Crippen LogP contribution < -0.4 is 5.32 Å². The third-order valence-electron chi connectivity index (χ3n) is 4.96. The van der Waals surface area contributed by atoms with Crippen LogP contribution in [-0.4, -0.2) is 28.5 Å². The van der Waals surface area contributed by atoms with Crippen molar-refractivity contribution >= 4 is 28.9 Å². The number of anilines is 1. The first-order chi connectivity index (χ1) is 14.0. The maximum atomic E-state index is 12.4. The van der Waals surface area contributed by atoms with E-state index < -0.39 is 0 Å². The fourth-order valence-electron chi connectivity index (χ4n) is 3.37. The minimum Gasteiger partial charge on any atom is -0.462 e. The number of amides is 1. The third-order valence-corrected chi connectivity index (χ3v) is 5.85. The minimum atomic E-state index is -0.338. The van der Waals surface area contributed by atoms with Crippen LogP contribution in [0.5, 0.6) is 0 Å². The first-order valence-electron chi connectivity index (χ1n) is 9.71. The summed E-state index contributed by atoms with van der Waals surface area (Å²) in [6, 6.07) is 7.69. The highest BCUT2D eigenvalue weighted by molar-refractivity contribution is 7.13. The second-order valence-electron chi connectivity index (χ2n) is 7.22. The van der Waals surface area contributed by atoms with Crippen molar-refractivity contribution in [3.05, 3.63) is 46.6 Å². The first-order valence-corrected chi connectivity index (χ1v) is 10.6. The summed E-state index contributed by atoms with van der Waals surface area (Å²) in [5, 5.41) is 5.75. The fourth-order valence-corrected chi connectivity index (χ4v) is 4.18. The predicted molar refractivity (Wildman–Crippen MR) is 114 cm³/mol. The van der Waals surface area contributed by atoms with Crippen LogP contribution in [0.25, 0.3) is 21.8 Å². The minimum absolute atomic E-state index is 0.0964. The highest BCUT2D eigenvalue weighted by atomic mass is 32.1. The number of aromatic amines is 1. The Morgan fingerprint density at radius 1 is 1.21 bits per heavy atom. The highest BCUT2D eigenvalue weighted by Gasteiger charge is 2.29. The van der Waals surface area contributed by atoms with E-state index in [0.717, 1.165) is 51.7 Å². The molecule has 1 aromatic carbocycles. The van der Waals surface area contributed by atoms with E-state index in [2.05, 4.69) is 10.3 Å². The van der Waals surface area contributed by atoms with Gasteiger partial charge in [0.2, 0.25) is 5.91 Å². The van der Waals surface area contributed by atoms with Crippen LogP contribution >= 0.6 is 11.3 Å². The molecule has 1 fully saturated rings. The molecule has 0 atom stereocenters. The van der Waals surface area contributed by atoms with Gasteiger partial charge >= 0.3 is 5.97 Å². The van der Waals surface area contributed by atoms with Crippen LogP contribution in [-0.2, 0) is 9.53 Å². The molecule has 1 saturated carbocycles. The van der Waals surface area contributed by atoms with Crippen molar-refractivity contribution in [1.29, 1.82) is 0 Å². The second-order valence-corrected chi connectivity index (χ2v) is 8.08. The molecule has 2 N–H and O–H groups in total. The maximum Gasteiger partial charge on any atom is 0.340 e. The SMILES string of the molecule is CCOC(=O)c1c(C)[nH]c(C)c1-c1csc(-c2ccc(NC(=O)C3CC3)cc2)n1. The Morgan fingerprint density at radius 2 is 1.93 bits per heavy atom. The van der Waals surface area contributed by atoms with Gasteiger partial charge in [-0.25, -0.2) is 9.78 Å². The van der Waals surface area contributed by atoms with Crippen LogP contribution in [0.2, 0.25) is 0 Å². The number of ether oxygens (including phenoxy) is 1. The molecule has 2 aromatic heterocycles.